The van der Waals surface area contributed by atoms with Crippen LogP contribution in [0.5, 0.6) is 5.75 Å². The highest BCUT2D eigenvalue weighted by Crippen LogP contribution is 2.28. The molecule has 130 valence electrons. The van der Waals surface area contributed by atoms with Gasteiger partial charge in [-0.05, 0) is 36.9 Å². The number of fused-ring (bicyclic) bond motifs is 2. The molecule has 26 heavy (non-hydrogen) atoms. The lowest BCUT2D eigenvalue weighted by Gasteiger charge is -2.20. The SMILES string of the molecule is COc1ccc2c(=O)c(C=C3C(=N)N4N=C(C)SC4=NC3=O)coc2c1. The highest BCUT2D eigenvalue weighted by Gasteiger charge is 2.34. The molecule has 0 aliphatic carbocycles. The summed E-state index contributed by atoms with van der Waals surface area (Å²) in [5, 5.41) is 15.0. The van der Waals surface area contributed by atoms with E-state index in [1.165, 1.54) is 36.2 Å². The maximum Gasteiger partial charge on any atom is 0.283 e. The number of rotatable bonds is 2. The van der Waals surface area contributed by atoms with Gasteiger partial charge in [0.05, 0.1) is 28.7 Å². The molecule has 1 aromatic heterocycles. The molecule has 1 aromatic carbocycles. The fourth-order valence-corrected chi connectivity index (χ4v) is 3.33. The lowest BCUT2D eigenvalue weighted by molar-refractivity contribution is -0.114. The number of benzene rings is 1. The highest BCUT2D eigenvalue weighted by atomic mass is 32.2. The van der Waals surface area contributed by atoms with Crippen molar-refractivity contribution in [3.63, 3.8) is 0 Å². The standard InChI is InChI=1S/C17H12N4O4S/c1-8-20-21-15(18)12(16(23)19-17(21)26-8)5-9-7-25-13-6-10(24-2)3-4-11(13)14(9)22/h3-7,18H,1-2H3. The minimum Gasteiger partial charge on any atom is -0.497 e. The number of methoxy groups -OCH3 is 1. The van der Waals surface area contributed by atoms with E-state index in [1.807, 2.05) is 0 Å². The van der Waals surface area contributed by atoms with Crippen LogP contribution in [0.2, 0.25) is 0 Å². The number of amides is 1. The molecule has 0 saturated heterocycles. The van der Waals surface area contributed by atoms with Gasteiger partial charge in [-0.25, -0.2) is 0 Å². The zero-order valence-corrected chi connectivity index (χ0v) is 14.6. The maximum atomic E-state index is 12.7. The molecule has 8 nitrogen and oxygen atoms in total. The van der Waals surface area contributed by atoms with E-state index < -0.39 is 5.91 Å². The van der Waals surface area contributed by atoms with Crippen molar-refractivity contribution in [3.8, 4) is 5.75 Å². The quantitative estimate of drug-likeness (QED) is 0.816. The summed E-state index contributed by atoms with van der Waals surface area (Å²) in [7, 11) is 1.52. The summed E-state index contributed by atoms with van der Waals surface area (Å²) in [5.41, 5.74) is 0.195. The molecule has 0 radical (unpaired) electrons. The Labute approximate surface area is 151 Å². The number of carbonyl (C=O) groups is 1. The lowest BCUT2D eigenvalue weighted by Crippen LogP contribution is -2.35. The van der Waals surface area contributed by atoms with E-state index in [0.29, 0.717) is 26.9 Å². The van der Waals surface area contributed by atoms with E-state index in [9.17, 15) is 9.59 Å². The predicted molar refractivity (Wildman–Crippen MR) is 99.7 cm³/mol. The molecule has 0 spiro atoms. The van der Waals surface area contributed by atoms with Gasteiger partial charge in [0.25, 0.3) is 5.91 Å². The molecule has 0 atom stereocenters. The molecule has 2 aromatic rings. The van der Waals surface area contributed by atoms with E-state index in [1.54, 1.807) is 25.1 Å². The molecule has 4 rings (SSSR count). The van der Waals surface area contributed by atoms with Crippen LogP contribution in [0.1, 0.15) is 12.5 Å². The normalized spacial score (nSPS) is 18.2. The van der Waals surface area contributed by atoms with Gasteiger partial charge in [0.2, 0.25) is 5.17 Å². The van der Waals surface area contributed by atoms with Gasteiger partial charge in [-0.2, -0.15) is 15.1 Å². The Morgan fingerprint density at radius 1 is 1.35 bits per heavy atom. The Balaban J connectivity index is 1.81. The van der Waals surface area contributed by atoms with Crippen molar-refractivity contribution < 1.29 is 13.9 Å². The van der Waals surface area contributed by atoms with Crippen LogP contribution in [-0.4, -0.2) is 34.1 Å². The Hall–Kier alpha value is -3.20. The van der Waals surface area contributed by atoms with Crippen molar-refractivity contribution in [1.29, 1.82) is 5.41 Å². The van der Waals surface area contributed by atoms with Gasteiger partial charge in [0, 0.05) is 6.07 Å². The maximum absolute atomic E-state index is 12.7. The molecule has 0 saturated carbocycles. The molecule has 2 aliphatic heterocycles. The third kappa shape index (κ3) is 2.53. The van der Waals surface area contributed by atoms with Crippen LogP contribution >= 0.6 is 11.8 Å². The van der Waals surface area contributed by atoms with Crippen molar-refractivity contribution in [3.05, 3.63) is 45.8 Å². The number of amidine groups is 2. The van der Waals surface area contributed by atoms with Gasteiger partial charge in [-0.3, -0.25) is 15.0 Å². The summed E-state index contributed by atoms with van der Waals surface area (Å²) in [6, 6.07) is 4.85. The zero-order valence-electron chi connectivity index (χ0n) is 13.8. The topological polar surface area (TPSA) is 108 Å². The van der Waals surface area contributed by atoms with Crippen molar-refractivity contribution in [2.75, 3.05) is 7.11 Å². The molecular weight excluding hydrogens is 356 g/mol. The second-order valence-corrected chi connectivity index (χ2v) is 6.68. The van der Waals surface area contributed by atoms with Gasteiger partial charge >= 0.3 is 0 Å². The molecule has 3 heterocycles. The fraction of sp³-hybridized carbons (Fsp3) is 0.118. The second-order valence-electron chi connectivity index (χ2n) is 5.52. The predicted octanol–water partition coefficient (Wildman–Crippen LogP) is 2.44. The number of hydrazone groups is 1. The number of nitrogens with one attached hydrogen (secondary N) is 1. The number of ether oxygens (including phenoxy) is 1. The second kappa shape index (κ2) is 5.95. The van der Waals surface area contributed by atoms with Crippen molar-refractivity contribution in [2.24, 2.45) is 10.1 Å². The molecule has 0 fully saturated rings. The number of thioether (sulfide) groups is 1. The van der Waals surface area contributed by atoms with Crippen LogP contribution < -0.4 is 10.2 Å². The minimum atomic E-state index is -0.590. The number of nitrogens with zero attached hydrogens (tertiary/aromatic N) is 3. The van der Waals surface area contributed by atoms with Crippen LogP contribution in [0.3, 0.4) is 0 Å². The van der Waals surface area contributed by atoms with Gasteiger partial charge < -0.3 is 9.15 Å². The molecule has 2 aliphatic rings. The summed E-state index contributed by atoms with van der Waals surface area (Å²) in [6.07, 6.45) is 2.57. The first-order chi connectivity index (χ1) is 12.5. The van der Waals surface area contributed by atoms with Crippen molar-refractivity contribution in [1.82, 2.24) is 5.01 Å². The zero-order chi connectivity index (χ0) is 18.4. The lowest BCUT2D eigenvalue weighted by atomic mass is 10.1. The largest absolute Gasteiger partial charge is 0.497 e. The molecule has 1 N–H and O–H groups in total. The molecule has 0 unspecified atom stereocenters. The van der Waals surface area contributed by atoms with E-state index >= 15 is 0 Å². The van der Waals surface area contributed by atoms with E-state index in [0.717, 1.165) is 0 Å². The first kappa shape index (κ1) is 16.3. The third-order valence-electron chi connectivity index (χ3n) is 3.86. The van der Waals surface area contributed by atoms with Crippen LogP contribution in [0.25, 0.3) is 17.0 Å². The molecular formula is C17H12N4O4S. The van der Waals surface area contributed by atoms with Crippen LogP contribution in [0.15, 0.2) is 49.3 Å². The van der Waals surface area contributed by atoms with Gasteiger partial charge in [0.1, 0.15) is 17.6 Å². The van der Waals surface area contributed by atoms with Crippen LogP contribution in [-0.2, 0) is 4.79 Å². The molecule has 1 amide bonds. The monoisotopic (exact) mass is 368 g/mol. The average Bonchev–Trinajstić information content (AvgIpc) is 3.00. The Morgan fingerprint density at radius 2 is 2.15 bits per heavy atom. The summed E-state index contributed by atoms with van der Waals surface area (Å²) >= 11 is 1.22. The first-order valence-corrected chi connectivity index (χ1v) is 8.36. The van der Waals surface area contributed by atoms with Gasteiger partial charge in [-0.15, -0.1) is 0 Å². The van der Waals surface area contributed by atoms with Crippen molar-refractivity contribution in [2.45, 2.75) is 6.92 Å². The van der Waals surface area contributed by atoms with Crippen molar-refractivity contribution >= 4 is 50.8 Å². The van der Waals surface area contributed by atoms with E-state index in [2.05, 4.69) is 10.1 Å². The minimum absolute atomic E-state index is 0.0204. The molecule has 0 bridgehead atoms. The summed E-state index contributed by atoms with van der Waals surface area (Å²) < 4.78 is 10.6. The number of aliphatic imine (C=N–C) groups is 1. The summed E-state index contributed by atoms with van der Waals surface area (Å²) in [5.74, 6) is -0.149. The van der Waals surface area contributed by atoms with Gasteiger partial charge in [0.15, 0.2) is 11.3 Å². The van der Waals surface area contributed by atoms with Gasteiger partial charge in [-0.1, -0.05) is 0 Å². The molecule has 9 heteroatoms. The number of carbonyl (C=O) groups excluding carboxylic acids is 1. The average molecular weight is 368 g/mol. The smallest absolute Gasteiger partial charge is 0.283 e. The number of hydrogen-bond donors (Lipinski definition) is 1. The fourth-order valence-electron chi connectivity index (χ4n) is 2.59. The third-order valence-corrected chi connectivity index (χ3v) is 4.69. The highest BCUT2D eigenvalue weighted by molar-refractivity contribution is 8.26. The first-order valence-electron chi connectivity index (χ1n) is 7.54. The van der Waals surface area contributed by atoms with E-state index in [-0.39, 0.29) is 22.4 Å². The summed E-state index contributed by atoms with van der Waals surface area (Å²) in [4.78, 5) is 28.9. The Kier molecular flexibility index (Phi) is 3.73. The number of hydrogen-bond acceptors (Lipinski definition) is 7. The van der Waals surface area contributed by atoms with Crippen LogP contribution in [0.4, 0.5) is 0 Å². The Bertz CT molecular complexity index is 1130. The van der Waals surface area contributed by atoms with Crippen LogP contribution in [0, 0.1) is 5.41 Å². The summed E-state index contributed by atoms with van der Waals surface area (Å²) in [6.45, 7) is 1.76. The Morgan fingerprint density at radius 3 is 2.92 bits per heavy atom. The van der Waals surface area contributed by atoms with E-state index in [4.69, 9.17) is 14.6 Å².